The Kier molecular flexibility index (Phi) is 2.56. The molecule has 0 bridgehead atoms. The average molecular weight is 222 g/mol. The Morgan fingerprint density at radius 3 is 2.69 bits per heavy atom. The summed E-state index contributed by atoms with van der Waals surface area (Å²) < 4.78 is 13.3. The van der Waals surface area contributed by atoms with Crippen LogP contribution in [0, 0.1) is 5.82 Å². The van der Waals surface area contributed by atoms with Crippen molar-refractivity contribution in [3.05, 3.63) is 24.0 Å². The Labute approximate surface area is 96.5 Å². The molecule has 1 aliphatic rings. The number of fused-ring (bicyclic) bond motifs is 1. The zero-order chi connectivity index (χ0) is 11.9. The molecule has 1 N–H and O–H groups in total. The molecular formula is C13H19FN2. The van der Waals surface area contributed by atoms with Crippen molar-refractivity contribution in [1.82, 2.24) is 0 Å². The lowest BCUT2D eigenvalue weighted by molar-refractivity contribution is 0.504. The van der Waals surface area contributed by atoms with Crippen LogP contribution in [-0.4, -0.2) is 18.1 Å². The molecule has 0 spiro atoms. The normalized spacial score (nSPS) is 18.2. The highest BCUT2D eigenvalue weighted by Gasteiger charge is 2.30. The number of hydrogen-bond acceptors (Lipinski definition) is 2. The summed E-state index contributed by atoms with van der Waals surface area (Å²) >= 11 is 0. The Balaban J connectivity index is 2.47. The van der Waals surface area contributed by atoms with E-state index >= 15 is 0 Å². The first-order valence-corrected chi connectivity index (χ1v) is 5.73. The molecule has 0 amide bonds. The van der Waals surface area contributed by atoms with Crippen LogP contribution in [0.5, 0.6) is 0 Å². The van der Waals surface area contributed by atoms with Crippen LogP contribution in [-0.2, 0) is 0 Å². The van der Waals surface area contributed by atoms with Crippen molar-refractivity contribution in [3.8, 4) is 0 Å². The second-order valence-electron chi connectivity index (χ2n) is 5.39. The van der Waals surface area contributed by atoms with Gasteiger partial charge in [-0.05, 0) is 45.9 Å². The standard InChI is InChI=1S/C13H19FN2/c1-9(2)16-8-13(3,4)15-11-6-5-10(14)7-12(11)16/h5-7,9,15H,8H2,1-4H3. The SMILES string of the molecule is CC(C)N1CC(C)(C)Nc2ccc(F)cc21. The Morgan fingerprint density at radius 1 is 1.38 bits per heavy atom. The monoisotopic (exact) mass is 222 g/mol. The molecule has 0 fully saturated rings. The molecule has 1 aliphatic heterocycles. The van der Waals surface area contributed by atoms with Crippen LogP contribution in [0.4, 0.5) is 15.8 Å². The van der Waals surface area contributed by atoms with Crippen LogP contribution in [0.15, 0.2) is 18.2 Å². The smallest absolute Gasteiger partial charge is 0.125 e. The molecule has 3 heteroatoms. The summed E-state index contributed by atoms with van der Waals surface area (Å²) in [6.07, 6.45) is 0. The number of rotatable bonds is 1. The van der Waals surface area contributed by atoms with Gasteiger partial charge in [-0.25, -0.2) is 4.39 Å². The third-order valence-electron chi connectivity index (χ3n) is 2.93. The molecule has 0 saturated heterocycles. The molecule has 0 aromatic heterocycles. The predicted molar refractivity (Wildman–Crippen MR) is 66.6 cm³/mol. The van der Waals surface area contributed by atoms with E-state index in [1.165, 1.54) is 6.07 Å². The fraction of sp³-hybridized carbons (Fsp3) is 0.538. The van der Waals surface area contributed by atoms with Gasteiger partial charge in [0.2, 0.25) is 0 Å². The molecule has 2 rings (SSSR count). The first kappa shape index (κ1) is 11.2. The number of nitrogens with one attached hydrogen (secondary N) is 1. The maximum atomic E-state index is 13.3. The van der Waals surface area contributed by atoms with Crippen molar-refractivity contribution >= 4 is 11.4 Å². The first-order chi connectivity index (χ1) is 7.39. The summed E-state index contributed by atoms with van der Waals surface area (Å²) in [5.74, 6) is -0.175. The van der Waals surface area contributed by atoms with E-state index in [0.717, 1.165) is 17.9 Å². The van der Waals surface area contributed by atoms with Gasteiger partial charge in [-0.15, -0.1) is 0 Å². The molecule has 0 unspecified atom stereocenters. The van der Waals surface area contributed by atoms with E-state index in [9.17, 15) is 4.39 Å². The molecular weight excluding hydrogens is 203 g/mol. The van der Waals surface area contributed by atoms with Crippen molar-refractivity contribution in [3.63, 3.8) is 0 Å². The predicted octanol–water partition coefficient (Wildman–Crippen LogP) is 3.24. The molecule has 0 atom stereocenters. The highest BCUT2D eigenvalue weighted by Crippen LogP contribution is 2.35. The van der Waals surface area contributed by atoms with Crippen molar-refractivity contribution in [2.75, 3.05) is 16.8 Å². The fourth-order valence-corrected chi connectivity index (χ4v) is 2.22. The van der Waals surface area contributed by atoms with Gasteiger partial charge in [0.1, 0.15) is 5.82 Å². The van der Waals surface area contributed by atoms with Crippen molar-refractivity contribution in [2.45, 2.75) is 39.3 Å². The third kappa shape index (κ3) is 1.99. The molecule has 1 aromatic rings. The van der Waals surface area contributed by atoms with Gasteiger partial charge in [0.05, 0.1) is 11.4 Å². The van der Waals surface area contributed by atoms with E-state index in [2.05, 4.69) is 37.9 Å². The molecule has 2 nitrogen and oxygen atoms in total. The summed E-state index contributed by atoms with van der Waals surface area (Å²) in [5.41, 5.74) is 2.01. The quantitative estimate of drug-likeness (QED) is 0.784. The molecule has 88 valence electrons. The lowest BCUT2D eigenvalue weighted by Crippen LogP contribution is -2.50. The van der Waals surface area contributed by atoms with E-state index in [0.29, 0.717) is 6.04 Å². The minimum absolute atomic E-state index is 0.0229. The largest absolute Gasteiger partial charge is 0.377 e. The van der Waals surface area contributed by atoms with Crippen LogP contribution in [0.2, 0.25) is 0 Å². The van der Waals surface area contributed by atoms with E-state index in [1.807, 2.05) is 6.07 Å². The lowest BCUT2D eigenvalue weighted by atomic mass is 9.98. The molecule has 0 radical (unpaired) electrons. The van der Waals surface area contributed by atoms with E-state index in [1.54, 1.807) is 6.07 Å². The number of benzene rings is 1. The van der Waals surface area contributed by atoms with Crippen molar-refractivity contribution in [2.24, 2.45) is 0 Å². The third-order valence-corrected chi connectivity index (χ3v) is 2.93. The van der Waals surface area contributed by atoms with Gasteiger partial charge < -0.3 is 10.2 Å². The summed E-state index contributed by atoms with van der Waals surface area (Å²) in [4.78, 5) is 2.24. The average Bonchev–Trinajstić information content (AvgIpc) is 2.16. The summed E-state index contributed by atoms with van der Waals surface area (Å²) in [6, 6.07) is 5.31. The van der Waals surface area contributed by atoms with Gasteiger partial charge in [0, 0.05) is 18.1 Å². The Hall–Kier alpha value is -1.25. The Bertz CT molecular complexity index is 399. The van der Waals surface area contributed by atoms with Gasteiger partial charge in [-0.1, -0.05) is 0 Å². The number of anilines is 2. The molecule has 1 aromatic carbocycles. The molecule has 0 aliphatic carbocycles. The van der Waals surface area contributed by atoms with Crippen LogP contribution < -0.4 is 10.2 Å². The van der Waals surface area contributed by atoms with Crippen molar-refractivity contribution in [1.29, 1.82) is 0 Å². The summed E-state index contributed by atoms with van der Waals surface area (Å²) in [7, 11) is 0. The summed E-state index contributed by atoms with van der Waals surface area (Å²) in [6.45, 7) is 9.48. The van der Waals surface area contributed by atoms with Crippen LogP contribution in [0.1, 0.15) is 27.7 Å². The second kappa shape index (κ2) is 3.65. The topological polar surface area (TPSA) is 15.3 Å². The highest BCUT2D eigenvalue weighted by atomic mass is 19.1. The maximum absolute atomic E-state index is 13.3. The number of halogens is 1. The minimum atomic E-state index is -0.175. The zero-order valence-corrected chi connectivity index (χ0v) is 10.3. The molecule has 16 heavy (non-hydrogen) atoms. The zero-order valence-electron chi connectivity index (χ0n) is 10.3. The molecule has 0 saturated carbocycles. The van der Waals surface area contributed by atoms with E-state index < -0.39 is 0 Å². The van der Waals surface area contributed by atoms with Gasteiger partial charge in [0.15, 0.2) is 0 Å². The summed E-state index contributed by atoms with van der Waals surface area (Å²) in [5, 5.41) is 3.44. The van der Waals surface area contributed by atoms with Crippen LogP contribution in [0.25, 0.3) is 0 Å². The second-order valence-corrected chi connectivity index (χ2v) is 5.39. The van der Waals surface area contributed by atoms with Gasteiger partial charge >= 0.3 is 0 Å². The fourth-order valence-electron chi connectivity index (χ4n) is 2.22. The van der Waals surface area contributed by atoms with E-state index in [4.69, 9.17) is 0 Å². The van der Waals surface area contributed by atoms with Gasteiger partial charge in [0.25, 0.3) is 0 Å². The van der Waals surface area contributed by atoms with Gasteiger partial charge in [-0.2, -0.15) is 0 Å². The molecule has 1 heterocycles. The van der Waals surface area contributed by atoms with E-state index in [-0.39, 0.29) is 11.4 Å². The van der Waals surface area contributed by atoms with Crippen LogP contribution in [0.3, 0.4) is 0 Å². The minimum Gasteiger partial charge on any atom is -0.377 e. The van der Waals surface area contributed by atoms with Gasteiger partial charge in [-0.3, -0.25) is 0 Å². The van der Waals surface area contributed by atoms with Crippen molar-refractivity contribution < 1.29 is 4.39 Å². The number of hydrogen-bond donors (Lipinski definition) is 1. The van der Waals surface area contributed by atoms with Crippen LogP contribution >= 0.6 is 0 Å². The Morgan fingerprint density at radius 2 is 2.06 bits per heavy atom. The lowest BCUT2D eigenvalue weighted by Gasteiger charge is -2.44. The first-order valence-electron chi connectivity index (χ1n) is 5.73. The highest BCUT2D eigenvalue weighted by molar-refractivity contribution is 5.73. The maximum Gasteiger partial charge on any atom is 0.125 e. The number of nitrogens with zero attached hydrogens (tertiary/aromatic N) is 1.